The molecule has 1 atom stereocenters. The van der Waals surface area contributed by atoms with Gasteiger partial charge in [0, 0.05) is 0 Å². The molecule has 0 aliphatic carbocycles. The summed E-state index contributed by atoms with van der Waals surface area (Å²) in [6, 6.07) is 11.2. The molecule has 1 heterocycles. The highest BCUT2D eigenvalue weighted by Gasteiger charge is 2.35. The molecule has 1 fully saturated rings. The maximum atomic E-state index is 13.1. The predicted octanol–water partition coefficient (Wildman–Crippen LogP) is 5.64. The summed E-state index contributed by atoms with van der Waals surface area (Å²) in [6.07, 6.45) is 2.60. The average Bonchev–Trinajstić information content (AvgIpc) is 2.99. The molecule has 7 heteroatoms. The molecular formula is C23H24FNO4S. The number of hydrogen-bond donors (Lipinski definition) is 0. The first kappa shape index (κ1) is 21.9. The van der Waals surface area contributed by atoms with E-state index >= 15 is 0 Å². The van der Waals surface area contributed by atoms with Crippen LogP contribution in [0.1, 0.15) is 38.3 Å². The van der Waals surface area contributed by atoms with E-state index in [0.29, 0.717) is 28.6 Å². The number of rotatable bonds is 8. The molecule has 2 amide bonds. The number of imide groups is 1. The first-order valence-electron chi connectivity index (χ1n) is 9.84. The summed E-state index contributed by atoms with van der Waals surface area (Å²) in [5, 5.41) is -0.350. The van der Waals surface area contributed by atoms with Crippen LogP contribution < -0.4 is 9.47 Å². The highest BCUT2D eigenvalue weighted by Crippen LogP contribution is 2.35. The van der Waals surface area contributed by atoms with Crippen molar-refractivity contribution in [3.8, 4) is 11.5 Å². The molecule has 0 radical (unpaired) electrons. The van der Waals surface area contributed by atoms with Crippen molar-refractivity contribution in [2.45, 2.75) is 39.8 Å². The summed E-state index contributed by atoms with van der Waals surface area (Å²) in [4.78, 5) is 26.6. The molecule has 0 aromatic heterocycles. The molecule has 2 aromatic rings. The Morgan fingerprint density at radius 2 is 1.83 bits per heavy atom. The van der Waals surface area contributed by atoms with E-state index in [2.05, 4.69) is 0 Å². The van der Waals surface area contributed by atoms with E-state index in [1.54, 1.807) is 24.3 Å². The standard InChI is InChI=1S/C23H24FNO4S/c1-4-15(3)29-19-11-8-17(12-20(19)28-5-2)13-21-22(26)25(23(27)30-21)14-16-6-9-18(24)10-7-16/h6-13,15H,4-5,14H2,1-3H3/b21-13-. The Morgan fingerprint density at radius 1 is 1.10 bits per heavy atom. The fraction of sp³-hybridized carbons (Fsp3) is 0.304. The highest BCUT2D eigenvalue weighted by molar-refractivity contribution is 8.18. The largest absolute Gasteiger partial charge is 0.490 e. The Hall–Kier alpha value is -2.80. The van der Waals surface area contributed by atoms with Crippen molar-refractivity contribution in [2.75, 3.05) is 6.61 Å². The molecule has 0 spiro atoms. The predicted molar refractivity (Wildman–Crippen MR) is 116 cm³/mol. The van der Waals surface area contributed by atoms with Gasteiger partial charge in [-0.1, -0.05) is 25.1 Å². The van der Waals surface area contributed by atoms with Crippen LogP contribution in [-0.2, 0) is 11.3 Å². The molecule has 5 nitrogen and oxygen atoms in total. The number of ether oxygens (including phenoxy) is 2. The molecule has 1 saturated heterocycles. The van der Waals surface area contributed by atoms with Crippen molar-refractivity contribution < 1.29 is 23.5 Å². The van der Waals surface area contributed by atoms with E-state index in [0.717, 1.165) is 28.6 Å². The number of carbonyl (C=O) groups is 2. The lowest BCUT2D eigenvalue weighted by Crippen LogP contribution is -2.27. The number of hydrogen-bond acceptors (Lipinski definition) is 5. The minimum absolute atomic E-state index is 0.0537. The van der Waals surface area contributed by atoms with E-state index in [4.69, 9.17) is 9.47 Å². The monoisotopic (exact) mass is 429 g/mol. The zero-order valence-corrected chi connectivity index (χ0v) is 18.0. The van der Waals surface area contributed by atoms with Gasteiger partial charge in [0.15, 0.2) is 11.5 Å². The maximum Gasteiger partial charge on any atom is 0.293 e. The molecular weight excluding hydrogens is 405 g/mol. The Morgan fingerprint density at radius 3 is 2.50 bits per heavy atom. The van der Waals surface area contributed by atoms with Crippen LogP contribution >= 0.6 is 11.8 Å². The third kappa shape index (κ3) is 5.21. The van der Waals surface area contributed by atoms with Crippen LogP contribution in [-0.4, -0.2) is 28.8 Å². The molecule has 30 heavy (non-hydrogen) atoms. The quantitative estimate of drug-likeness (QED) is 0.509. The number of benzene rings is 2. The average molecular weight is 430 g/mol. The molecule has 3 rings (SSSR count). The molecule has 1 unspecified atom stereocenters. The lowest BCUT2D eigenvalue weighted by Gasteiger charge is -2.16. The minimum atomic E-state index is -0.368. The van der Waals surface area contributed by atoms with Crippen LogP contribution in [0, 0.1) is 5.82 Å². The van der Waals surface area contributed by atoms with Gasteiger partial charge in [-0.25, -0.2) is 4.39 Å². The topological polar surface area (TPSA) is 55.8 Å². The molecule has 0 bridgehead atoms. The third-order valence-electron chi connectivity index (χ3n) is 4.60. The normalized spacial score (nSPS) is 16.3. The van der Waals surface area contributed by atoms with Gasteiger partial charge in [-0.05, 0) is 73.5 Å². The Balaban J connectivity index is 1.80. The van der Waals surface area contributed by atoms with Gasteiger partial charge < -0.3 is 9.47 Å². The van der Waals surface area contributed by atoms with Crippen molar-refractivity contribution in [2.24, 2.45) is 0 Å². The van der Waals surface area contributed by atoms with Gasteiger partial charge >= 0.3 is 0 Å². The molecule has 1 aliphatic rings. The zero-order valence-electron chi connectivity index (χ0n) is 17.2. The van der Waals surface area contributed by atoms with E-state index < -0.39 is 0 Å². The summed E-state index contributed by atoms with van der Waals surface area (Å²) in [7, 11) is 0. The van der Waals surface area contributed by atoms with Crippen LogP contribution in [0.3, 0.4) is 0 Å². The Kier molecular flexibility index (Phi) is 7.15. The summed E-state index contributed by atoms with van der Waals surface area (Å²) in [5.41, 5.74) is 1.42. The number of thioether (sulfide) groups is 1. The van der Waals surface area contributed by atoms with Gasteiger partial charge in [0.2, 0.25) is 0 Å². The molecule has 1 aliphatic heterocycles. The van der Waals surface area contributed by atoms with Crippen molar-refractivity contribution in [3.63, 3.8) is 0 Å². The summed E-state index contributed by atoms with van der Waals surface area (Å²) >= 11 is 0.889. The number of nitrogens with zero attached hydrogens (tertiary/aromatic N) is 1. The number of carbonyl (C=O) groups excluding carboxylic acids is 2. The second-order valence-corrected chi connectivity index (χ2v) is 7.86. The Bertz CT molecular complexity index is 958. The van der Waals surface area contributed by atoms with Crippen LogP contribution in [0.2, 0.25) is 0 Å². The molecule has 0 saturated carbocycles. The smallest absolute Gasteiger partial charge is 0.293 e. The van der Waals surface area contributed by atoms with E-state index in [1.807, 2.05) is 32.9 Å². The SMILES string of the molecule is CCOc1cc(/C=C2\SC(=O)N(Cc3ccc(F)cc3)C2=O)ccc1OC(C)CC. The van der Waals surface area contributed by atoms with Crippen LogP contribution in [0.5, 0.6) is 11.5 Å². The van der Waals surface area contributed by atoms with Crippen LogP contribution in [0.15, 0.2) is 47.4 Å². The lowest BCUT2D eigenvalue weighted by molar-refractivity contribution is -0.123. The summed E-state index contributed by atoms with van der Waals surface area (Å²) < 4.78 is 24.7. The zero-order chi connectivity index (χ0) is 21.7. The lowest BCUT2D eigenvalue weighted by atomic mass is 10.1. The van der Waals surface area contributed by atoms with E-state index in [-0.39, 0.29) is 29.6 Å². The van der Waals surface area contributed by atoms with Gasteiger partial charge in [0.05, 0.1) is 24.2 Å². The van der Waals surface area contributed by atoms with Crippen LogP contribution in [0.4, 0.5) is 9.18 Å². The van der Waals surface area contributed by atoms with Crippen molar-refractivity contribution in [1.82, 2.24) is 4.90 Å². The second kappa shape index (κ2) is 9.80. The first-order chi connectivity index (χ1) is 14.4. The first-order valence-corrected chi connectivity index (χ1v) is 10.7. The van der Waals surface area contributed by atoms with Crippen molar-refractivity contribution in [3.05, 3.63) is 64.3 Å². The number of halogens is 1. The van der Waals surface area contributed by atoms with Crippen LogP contribution in [0.25, 0.3) is 6.08 Å². The second-order valence-electron chi connectivity index (χ2n) is 6.87. The van der Waals surface area contributed by atoms with E-state index in [1.165, 1.54) is 12.1 Å². The fourth-order valence-electron chi connectivity index (χ4n) is 2.84. The fourth-order valence-corrected chi connectivity index (χ4v) is 3.68. The summed E-state index contributed by atoms with van der Waals surface area (Å²) in [5.74, 6) is 0.510. The summed E-state index contributed by atoms with van der Waals surface area (Å²) in [6.45, 7) is 6.51. The van der Waals surface area contributed by atoms with Gasteiger partial charge in [0.1, 0.15) is 5.82 Å². The van der Waals surface area contributed by atoms with Crippen molar-refractivity contribution >= 4 is 29.0 Å². The molecule has 158 valence electrons. The minimum Gasteiger partial charge on any atom is -0.490 e. The van der Waals surface area contributed by atoms with Crippen molar-refractivity contribution in [1.29, 1.82) is 0 Å². The number of amides is 2. The van der Waals surface area contributed by atoms with Gasteiger partial charge in [-0.15, -0.1) is 0 Å². The van der Waals surface area contributed by atoms with Gasteiger partial charge in [0.25, 0.3) is 11.1 Å². The van der Waals surface area contributed by atoms with Gasteiger partial charge in [-0.2, -0.15) is 0 Å². The molecule has 0 N–H and O–H groups in total. The highest BCUT2D eigenvalue weighted by atomic mass is 32.2. The van der Waals surface area contributed by atoms with Gasteiger partial charge in [-0.3, -0.25) is 14.5 Å². The van der Waals surface area contributed by atoms with E-state index in [9.17, 15) is 14.0 Å². The third-order valence-corrected chi connectivity index (χ3v) is 5.50. The Labute approximate surface area is 179 Å². The maximum absolute atomic E-state index is 13.1. The molecule has 2 aromatic carbocycles.